The monoisotopic (exact) mass is 514 g/mol. The van der Waals surface area contributed by atoms with Crippen LogP contribution in [0.15, 0.2) is 76.1 Å². The fourth-order valence-corrected chi connectivity index (χ4v) is 4.77. The first-order chi connectivity index (χ1) is 18.2. The van der Waals surface area contributed by atoms with Crippen molar-refractivity contribution in [2.24, 2.45) is 0 Å². The molecule has 0 spiro atoms. The van der Waals surface area contributed by atoms with E-state index in [4.69, 9.17) is 4.42 Å². The van der Waals surface area contributed by atoms with Gasteiger partial charge in [-0.3, -0.25) is 9.69 Å². The number of aryl methyl sites for hydroxylation is 1. The van der Waals surface area contributed by atoms with Gasteiger partial charge < -0.3 is 9.40 Å². The van der Waals surface area contributed by atoms with Gasteiger partial charge in [0.05, 0.1) is 23.9 Å². The molecule has 0 radical (unpaired) electrons. The molecule has 9 heteroatoms. The average molecular weight is 515 g/mol. The van der Waals surface area contributed by atoms with Gasteiger partial charge in [-0.1, -0.05) is 30.3 Å². The Morgan fingerprint density at radius 1 is 1.11 bits per heavy atom. The summed E-state index contributed by atoms with van der Waals surface area (Å²) < 4.78 is 21.0. The third-order valence-electron chi connectivity index (χ3n) is 6.69. The van der Waals surface area contributed by atoms with Gasteiger partial charge in [-0.25, -0.2) is 9.07 Å². The summed E-state index contributed by atoms with van der Waals surface area (Å²) in [7, 11) is 0. The van der Waals surface area contributed by atoms with Crippen molar-refractivity contribution in [1.29, 1.82) is 0 Å². The highest BCUT2D eigenvalue weighted by Crippen LogP contribution is 2.31. The molecule has 0 amide bonds. The summed E-state index contributed by atoms with van der Waals surface area (Å²) in [5, 5.41) is 13.7. The van der Waals surface area contributed by atoms with Gasteiger partial charge in [-0.2, -0.15) is 0 Å². The van der Waals surface area contributed by atoms with Crippen LogP contribution in [0.1, 0.15) is 55.1 Å². The molecule has 8 nitrogen and oxygen atoms in total. The van der Waals surface area contributed by atoms with Crippen LogP contribution in [0.5, 0.6) is 0 Å². The summed E-state index contributed by atoms with van der Waals surface area (Å²) >= 11 is 0. The average Bonchev–Trinajstić information content (AvgIpc) is 3.57. The minimum Gasteiger partial charge on any atom is -0.468 e. The van der Waals surface area contributed by atoms with Gasteiger partial charge >= 0.3 is 0 Å². The first kappa shape index (κ1) is 25.5. The number of fused-ring (bicyclic) bond motifs is 1. The molecule has 3 heterocycles. The molecule has 38 heavy (non-hydrogen) atoms. The summed E-state index contributed by atoms with van der Waals surface area (Å²) in [6.45, 7) is 9.00. The highest BCUT2D eigenvalue weighted by molar-refractivity contribution is 5.82. The zero-order valence-corrected chi connectivity index (χ0v) is 22.0. The fourth-order valence-electron chi connectivity index (χ4n) is 4.77. The van der Waals surface area contributed by atoms with Gasteiger partial charge in [0.25, 0.3) is 5.56 Å². The standard InChI is InChI=1S/C29H31FN6O2/c1-19-7-5-8-21-17-24(28(37)31-25(19)21)26(27-32-33-34-36(27)29(2,3)4)35(18-23-9-6-16-38-23)15-14-20-10-12-22(30)13-11-20/h5-13,16-17,26H,14-15,18H2,1-4H3,(H,31,37)/t26-/m0/s1. The third kappa shape index (κ3) is 5.28. The number of pyridine rings is 1. The van der Waals surface area contributed by atoms with Crippen LogP contribution in [0, 0.1) is 12.7 Å². The van der Waals surface area contributed by atoms with Crippen molar-refractivity contribution < 1.29 is 8.81 Å². The Kier molecular flexibility index (Phi) is 6.94. The maximum Gasteiger partial charge on any atom is 0.253 e. The van der Waals surface area contributed by atoms with Crippen molar-refractivity contribution in [3.63, 3.8) is 0 Å². The topological polar surface area (TPSA) is 92.8 Å². The number of aromatic nitrogens is 5. The van der Waals surface area contributed by atoms with Gasteiger partial charge in [0.2, 0.25) is 0 Å². The van der Waals surface area contributed by atoms with E-state index in [1.807, 2.05) is 64.1 Å². The Hall–Kier alpha value is -4.11. The normalized spacial score (nSPS) is 12.9. The van der Waals surface area contributed by atoms with Crippen LogP contribution in [0.25, 0.3) is 10.9 Å². The Labute approximate surface area is 220 Å². The number of hydrogen-bond acceptors (Lipinski definition) is 6. The van der Waals surface area contributed by atoms with Crippen LogP contribution >= 0.6 is 0 Å². The molecule has 3 aromatic heterocycles. The van der Waals surface area contributed by atoms with E-state index in [0.29, 0.717) is 30.9 Å². The van der Waals surface area contributed by atoms with Crippen molar-refractivity contribution in [3.05, 3.63) is 111 Å². The highest BCUT2D eigenvalue weighted by atomic mass is 19.1. The molecule has 0 unspecified atom stereocenters. The third-order valence-corrected chi connectivity index (χ3v) is 6.69. The molecular weight excluding hydrogens is 483 g/mol. The van der Waals surface area contributed by atoms with Gasteiger partial charge in [0.15, 0.2) is 5.82 Å². The van der Waals surface area contributed by atoms with Crippen molar-refractivity contribution in [3.8, 4) is 0 Å². The largest absolute Gasteiger partial charge is 0.468 e. The fraction of sp³-hybridized carbons (Fsp3) is 0.310. The lowest BCUT2D eigenvalue weighted by Gasteiger charge is -2.32. The van der Waals surface area contributed by atoms with Gasteiger partial charge in [-0.15, -0.1) is 5.10 Å². The number of benzene rings is 2. The number of aromatic amines is 1. The van der Waals surface area contributed by atoms with Gasteiger partial charge in [-0.05, 0) is 91.4 Å². The second-order valence-electron chi connectivity index (χ2n) is 10.5. The van der Waals surface area contributed by atoms with Crippen LogP contribution in [0.4, 0.5) is 4.39 Å². The lowest BCUT2D eigenvalue weighted by atomic mass is 10.00. The number of furan rings is 1. The predicted molar refractivity (Wildman–Crippen MR) is 143 cm³/mol. The molecule has 5 rings (SSSR count). The lowest BCUT2D eigenvalue weighted by molar-refractivity contribution is 0.181. The molecule has 5 aromatic rings. The first-order valence-corrected chi connectivity index (χ1v) is 12.6. The van der Waals surface area contributed by atoms with E-state index >= 15 is 0 Å². The summed E-state index contributed by atoms with van der Waals surface area (Å²) in [6.07, 6.45) is 2.26. The van der Waals surface area contributed by atoms with Crippen LogP contribution in [-0.4, -0.2) is 36.6 Å². The number of H-pyrrole nitrogens is 1. The molecule has 1 N–H and O–H groups in total. The molecule has 0 aliphatic rings. The van der Waals surface area contributed by atoms with Crippen LogP contribution in [0.2, 0.25) is 0 Å². The van der Waals surface area contributed by atoms with Crippen LogP contribution in [-0.2, 0) is 18.5 Å². The second kappa shape index (κ2) is 10.3. The zero-order valence-electron chi connectivity index (χ0n) is 22.0. The molecule has 2 aromatic carbocycles. The Bertz CT molecular complexity index is 1580. The minimum atomic E-state index is -0.580. The molecule has 0 aliphatic carbocycles. The smallest absolute Gasteiger partial charge is 0.253 e. The number of nitrogens with one attached hydrogen (secondary N) is 1. The lowest BCUT2D eigenvalue weighted by Crippen LogP contribution is -2.38. The molecule has 0 fully saturated rings. The minimum absolute atomic E-state index is 0.202. The van der Waals surface area contributed by atoms with Crippen LogP contribution in [0.3, 0.4) is 0 Å². The number of rotatable bonds is 8. The van der Waals surface area contributed by atoms with E-state index in [1.165, 1.54) is 12.1 Å². The van der Waals surface area contributed by atoms with Crippen LogP contribution < -0.4 is 5.56 Å². The van der Waals surface area contributed by atoms with Gasteiger partial charge in [0, 0.05) is 12.1 Å². The summed E-state index contributed by atoms with van der Waals surface area (Å²) in [5.41, 5.74) is 2.68. The maximum atomic E-state index is 13.7. The SMILES string of the molecule is Cc1cccc2cc([C@@H](c3nnnn3C(C)(C)C)N(CCc3ccc(F)cc3)Cc3ccco3)c(=O)[nH]c12. The molecule has 196 valence electrons. The van der Waals surface area contributed by atoms with Crippen molar-refractivity contribution in [2.45, 2.75) is 52.2 Å². The Balaban J connectivity index is 1.66. The summed E-state index contributed by atoms with van der Waals surface area (Å²) in [5.74, 6) is 1.03. The molecule has 0 bridgehead atoms. The second-order valence-corrected chi connectivity index (χ2v) is 10.5. The Morgan fingerprint density at radius 3 is 2.61 bits per heavy atom. The van der Waals surface area contributed by atoms with E-state index in [2.05, 4.69) is 25.4 Å². The zero-order chi connectivity index (χ0) is 26.9. The summed E-state index contributed by atoms with van der Waals surface area (Å²) in [4.78, 5) is 18.9. The molecule has 0 aliphatic heterocycles. The Morgan fingerprint density at radius 2 is 1.89 bits per heavy atom. The number of tetrazole rings is 1. The van der Waals surface area contributed by atoms with E-state index < -0.39 is 11.6 Å². The highest BCUT2D eigenvalue weighted by Gasteiger charge is 2.33. The molecule has 1 atom stereocenters. The molecule has 0 saturated carbocycles. The predicted octanol–water partition coefficient (Wildman–Crippen LogP) is 5.14. The van der Waals surface area contributed by atoms with Crippen molar-refractivity contribution in [1.82, 2.24) is 30.1 Å². The maximum absolute atomic E-state index is 13.7. The number of hydrogen-bond donors (Lipinski definition) is 1. The van der Waals surface area contributed by atoms with E-state index in [0.717, 1.165) is 27.8 Å². The van der Waals surface area contributed by atoms with E-state index in [1.54, 1.807) is 23.1 Å². The van der Waals surface area contributed by atoms with Crippen molar-refractivity contribution in [2.75, 3.05) is 6.54 Å². The molecule has 0 saturated heterocycles. The number of para-hydroxylation sites is 1. The van der Waals surface area contributed by atoms with E-state index in [-0.39, 0.29) is 11.4 Å². The summed E-state index contributed by atoms with van der Waals surface area (Å²) in [6, 6.07) is 17.5. The van der Waals surface area contributed by atoms with E-state index in [9.17, 15) is 9.18 Å². The van der Waals surface area contributed by atoms with Gasteiger partial charge in [0.1, 0.15) is 17.6 Å². The quantitative estimate of drug-likeness (QED) is 0.308. The first-order valence-electron chi connectivity index (χ1n) is 12.6. The van der Waals surface area contributed by atoms with Crippen molar-refractivity contribution >= 4 is 10.9 Å². The number of halogens is 1. The number of nitrogens with zero attached hydrogens (tertiary/aromatic N) is 5. The molecular formula is C29H31FN6O2.